The van der Waals surface area contributed by atoms with Gasteiger partial charge in [0.05, 0.1) is 14.2 Å². The van der Waals surface area contributed by atoms with Crippen molar-refractivity contribution in [3.63, 3.8) is 0 Å². The second kappa shape index (κ2) is 6.95. The summed E-state index contributed by atoms with van der Waals surface area (Å²) in [5.41, 5.74) is 1.24. The number of rotatable bonds is 4. The van der Waals surface area contributed by atoms with Gasteiger partial charge in [-0.15, -0.1) is 0 Å². The van der Waals surface area contributed by atoms with E-state index in [2.05, 4.69) is 9.47 Å². The first kappa shape index (κ1) is 15.2. The van der Waals surface area contributed by atoms with Crippen LogP contribution < -0.4 is 0 Å². The molecule has 0 fully saturated rings. The van der Waals surface area contributed by atoms with Gasteiger partial charge in [-0.2, -0.15) is 0 Å². The number of halogens is 1. The summed E-state index contributed by atoms with van der Waals surface area (Å²) in [5, 5.41) is 0.576. The minimum Gasteiger partial charge on any atom is -0.468 e. The third kappa shape index (κ3) is 3.58. The first-order valence-corrected chi connectivity index (χ1v) is 6.00. The van der Waals surface area contributed by atoms with E-state index in [1.54, 1.807) is 37.3 Å². The number of hydrogen-bond acceptors (Lipinski definition) is 4. The quantitative estimate of drug-likeness (QED) is 0.629. The Morgan fingerprint density at radius 2 is 1.58 bits per heavy atom. The van der Waals surface area contributed by atoms with E-state index in [4.69, 9.17) is 11.6 Å². The normalized spacial score (nSPS) is 11.3. The monoisotopic (exact) mass is 282 g/mol. The molecule has 4 nitrogen and oxygen atoms in total. The second-order valence-corrected chi connectivity index (χ2v) is 4.17. The van der Waals surface area contributed by atoms with E-state index in [0.29, 0.717) is 16.2 Å². The van der Waals surface area contributed by atoms with Crippen LogP contribution in [0, 0.1) is 5.92 Å². The summed E-state index contributed by atoms with van der Waals surface area (Å²) < 4.78 is 9.31. The molecule has 0 heterocycles. The lowest BCUT2D eigenvalue weighted by atomic mass is 9.92. The third-order valence-corrected chi connectivity index (χ3v) is 2.93. The molecule has 0 unspecified atom stereocenters. The summed E-state index contributed by atoms with van der Waals surface area (Å²) >= 11 is 5.82. The average Bonchev–Trinajstić information content (AvgIpc) is 2.44. The SMILES string of the molecule is C/C=C(\c1ccc(Cl)cc1)C(C(=O)OC)C(=O)OC. The Labute approximate surface area is 117 Å². The molecule has 0 saturated heterocycles. The molecule has 1 aromatic carbocycles. The first-order chi connectivity index (χ1) is 9.04. The highest BCUT2D eigenvalue weighted by Gasteiger charge is 2.32. The summed E-state index contributed by atoms with van der Waals surface area (Å²) in [6.45, 7) is 1.74. The average molecular weight is 283 g/mol. The maximum atomic E-state index is 11.8. The molecule has 0 saturated carbocycles. The first-order valence-electron chi connectivity index (χ1n) is 5.63. The summed E-state index contributed by atoms with van der Waals surface area (Å²) in [7, 11) is 2.46. The van der Waals surface area contributed by atoms with Gasteiger partial charge in [0.25, 0.3) is 0 Å². The molecule has 0 aromatic heterocycles. The fraction of sp³-hybridized carbons (Fsp3) is 0.286. The van der Waals surface area contributed by atoms with Crippen LogP contribution in [0.25, 0.3) is 5.57 Å². The number of carbonyl (C=O) groups excluding carboxylic acids is 2. The predicted octanol–water partition coefficient (Wildman–Crippen LogP) is 2.71. The lowest BCUT2D eigenvalue weighted by molar-refractivity contribution is -0.155. The van der Waals surface area contributed by atoms with Crippen molar-refractivity contribution in [3.05, 3.63) is 40.9 Å². The zero-order valence-electron chi connectivity index (χ0n) is 11.0. The van der Waals surface area contributed by atoms with Crippen molar-refractivity contribution in [1.29, 1.82) is 0 Å². The molecule has 19 heavy (non-hydrogen) atoms. The van der Waals surface area contributed by atoms with E-state index >= 15 is 0 Å². The summed E-state index contributed by atoms with van der Waals surface area (Å²) in [6, 6.07) is 6.84. The summed E-state index contributed by atoms with van der Waals surface area (Å²) in [5.74, 6) is -2.41. The molecule has 5 heteroatoms. The van der Waals surface area contributed by atoms with Gasteiger partial charge >= 0.3 is 11.9 Å². The number of benzene rings is 1. The van der Waals surface area contributed by atoms with Crippen molar-refractivity contribution in [1.82, 2.24) is 0 Å². The molecule has 0 N–H and O–H groups in total. The molecular formula is C14H15ClO4. The highest BCUT2D eigenvalue weighted by atomic mass is 35.5. The van der Waals surface area contributed by atoms with Crippen molar-refractivity contribution in [2.45, 2.75) is 6.92 Å². The van der Waals surface area contributed by atoms with E-state index in [9.17, 15) is 9.59 Å². The van der Waals surface area contributed by atoms with Crippen molar-refractivity contribution >= 4 is 29.1 Å². The fourth-order valence-electron chi connectivity index (χ4n) is 1.73. The van der Waals surface area contributed by atoms with Gasteiger partial charge in [0.1, 0.15) is 0 Å². The van der Waals surface area contributed by atoms with Gasteiger partial charge in [-0.05, 0) is 30.2 Å². The summed E-state index contributed by atoms with van der Waals surface area (Å²) in [4.78, 5) is 23.5. The van der Waals surface area contributed by atoms with Crippen molar-refractivity contribution in [2.75, 3.05) is 14.2 Å². The lowest BCUT2D eigenvalue weighted by Crippen LogP contribution is -2.27. The Hall–Kier alpha value is -1.81. The fourth-order valence-corrected chi connectivity index (χ4v) is 1.85. The molecule has 0 aliphatic carbocycles. The summed E-state index contributed by atoms with van der Waals surface area (Å²) in [6.07, 6.45) is 1.68. The number of ether oxygens (including phenoxy) is 2. The standard InChI is InChI=1S/C14H15ClO4/c1-4-11(9-5-7-10(15)8-6-9)12(13(16)18-2)14(17)19-3/h4-8,12H,1-3H3/b11-4+. The molecule has 0 atom stereocenters. The third-order valence-electron chi connectivity index (χ3n) is 2.67. The number of hydrogen-bond donors (Lipinski definition) is 0. The van der Waals surface area contributed by atoms with E-state index in [1.165, 1.54) is 14.2 Å². The molecule has 0 amide bonds. The van der Waals surface area contributed by atoms with Crippen LogP contribution >= 0.6 is 11.6 Å². The van der Waals surface area contributed by atoms with Gasteiger partial charge in [0.15, 0.2) is 5.92 Å². The largest absolute Gasteiger partial charge is 0.468 e. The van der Waals surface area contributed by atoms with Gasteiger partial charge < -0.3 is 9.47 Å². The van der Waals surface area contributed by atoms with E-state index < -0.39 is 17.9 Å². The maximum absolute atomic E-state index is 11.8. The van der Waals surface area contributed by atoms with Gasteiger partial charge in [0.2, 0.25) is 0 Å². The van der Waals surface area contributed by atoms with Crippen LogP contribution in [0.5, 0.6) is 0 Å². The number of carbonyl (C=O) groups is 2. The zero-order chi connectivity index (χ0) is 14.4. The van der Waals surface area contributed by atoms with Crippen LogP contribution in [0.2, 0.25) is 5.02 Å². The Balaban J connectivity index is 3.21. The molecule has 0 radical (unpaired) electrons. The van der Waals surface area contributed by atoms with Crippen LogP contribution in [0.1, 0.15) is 12.5 Å². The predicted molar refractivity (Wildman–Crippen MR) is 72.6 cm³/mol. The van der Waals surface area contributed by atoms with Crippen LogP contribution in [0.15, 0.2) is 30.3 Å². The highest BCUT2D eigenvalue weighted by molar-refractivity contribution is 6.30. The molecule has 0 aliphatic heterocycles. The van der Waals surface area contributed by atoms with Crippen LogP contribution in [0.4, 0.5) is 0 Å². The van der Waals surface area contributed by atoms with Crippen molar-refractivity contribution in [3.8, 4) is 0 Å². The van der Waals surface area contributed by atoms with E-state index in [0.717, 1.165) is 0 Å². The highest BCUT2D eigenvalue weighted by Crippen LogP contribution is 2.27. The minimum atomic E-state index is -1.10. The van der Waals surface area contributed by atoms with E-state index in [-0.39, 0.29) is 0 Å². The molecule has 102 valence electrons. The Morgan fingerprint density at radius 1 is 1.11 bits per heavy atom. The Kier molecular flexibility index (Phi) is 5.57. The van der Waals surface area contributed by atoms with Crippen LogP contribution in [0.3, 0.4) is 0 Å². The van der Waals surface area contributed by atoms with Crippen LogP contribution in [-0.2, 0) is 19.1 Å². The molecule has 0 spiro atoms. The zero-order valence-corrected chi connectivity index (χ0v) is 11.7. The smallest absolute Gasteiger partial charge is 0.324 e. The second-order valence-electron chi connectivity index (χ2n) is 3.73. The number of methoxy groups -OCH3 is 2. The molecule has 1 aromatic rings. The topological polar surface area (TPSA) is 52.6 Å². The lowest BCUT2D eigenvalue weighted by Gasteiger charge is -2.16. The molecular weight excluding hydrogens is 268 g/mol. The number of allylic oxidation sites excluding steroid dienone is 1. The minimum absolute atomic E-state index is 0.523. The molecule has 1 rings (SSSR count). The van der Waals surface area contributed by atoms with Gasteiger partial charge in [-0.3, -0.25) is 9.59 Å². The number of esters is 2. The maximum Gasteiger partial charge on any atom is 0.324 e. The van der Waals surface area contributed by atoms with Gasteiger partial charge in [-0.1, -0.05) is 29.8 Å². The van der Waals surface area contributed by atoms with E-state index in [1.807, 2.05) is 0 Å². The molecule has 0 bridgehead atoms. The van der Waals surface area contributed by atoms with Crippen LogP contribution in [-0.4, -0.2) is 26.2 Å². The van der Waals surface area contributed by atoms with Gasteiger partial charge in [0, 0.05) is 5.02 Å². The van der Waals surface area contributed by atoms with Gasteiger partial charge in [-0.25, -0.2) is 0 Å². The Morgan fingerprint density at radius 3 is 1.95 bits per heavy atom. The van der Waals surface area contributed by atoms with Crippen molar-refractivity contribution in [2.24, 2.45) is 5.92 Å². The van der Waals surface area contributed by atoms with Crippen molar-refractivity contribution < 1.29 is 19.1 Å². The molecule has 0 aliphatic rings. The Bertz CT molecular complexity index is 475.